The molecule has 124 valence electrons. The Hall–Kier alpha value is -3.22. The molecule has 2 N–H and O–H groups in total. The van der Waals surface area contributed by atoms with Gasteiger partial charge in [0.1, 0.15) is 5.75 Å². The van der Waals surface area contributed by atoms with Gasteiger partial charge in [-0.3, -0.25) is 4.79 Å². The lowest BCUT2D eigenvalue weighted by Gasteiger charge is -2.09. The van der Waals surface area contributed by atoms with Crippen LogP contribution in [0, 0.1) is 0 Å². The van der Waals surface area contributed by atoms with Crippen LogP contribution < -0.4 is 24.8 Å². The molecule has 0 saturated carbocycles. The van der Waals surface area contributed by atoms with Gasteiger partial charge in [0.15, 0.2) is 11.5 Å². The molecule has 2 aromatic carbocycles. The Balaban J connectivity index is 1.55. The van der Waals surface area contributed by atoms with Crippen molar-refractivity contribution in [1.29, 1.82) is 0 Å². The summed E-state index contributed by atoms with van der Waals surface area (Å²) >= 11 is 0. The summed E-state index contributed by atoms with van der Waals surface area (Å²) in [5.41, 5.74) is 1.42. The minimum absolute atomic E-state index is 0.214. The number of esters is 1. The summed E-state index contributed by atoms with van der Waals surface area (Å²) in [4.78, 5) is 22.9. The van der Waals surface area contributed by atoms with Gasteiger partial charge >= 0.3 is 12.0 Å². The minimum Gasteiger partial charge on any atom is -0.454 e. The van der Waals surface area contributed by atoms with Gasteiger partial charge in [-0.05, 0) is 29.8 Å². The van der Waals surface area contributed by atoms with Crippen molar-refractivity contribution in [3.63, 3.8) is 0 Å². The molecule has 0 aliphatic carbocycles. The van der Waals surface area contributed by atoms with E-state index in [9.17, 15) is 9.59 Å². The Labute approximate surface area is 138 Å². The molecule has 0 fully saturated rings. The summed E-state index contributed by atoms with van der Waals surface area (Å²) in [7, 11) is 0. The lowest BCUT2D eigenvalue weighted by Crippen LogP contribution is -2.28. The van der Waals surface area contributed by atoms with E-state index in [0.29, 0.717) is 29.5 Å². The third kappa shape index (κ3) is 3.95. The van der Waals surface area contributed by atoms with Crippen LogP contribution in [-0.2, 0) is 11.3 Å². The topological polar surface area (TPSA) is 85.9 Å². The quantitative estimate of drug-likeness (QED) is 0.666. The number of urea groups is 1. The van der Waals surface area contributed by atoms with Gasteiger partial charge in [0.05, 0.1) is 0 Å². The highest BCUT2D eigenvalue weighted by Crippen LogP contribution is 2.32. The number of ether oxygens (including phenoxy) is 3. The van der Waals surface area contributed by atoms with Gasteiger partial charge in [-0.1, -0.05) is 12.1 Å². The zero-order valence-corrected chi connectivity index (χ0v) is 13.0. The van der Waals surface area contributed by atoms with E-state index in [1.165, 1.54) is 6.92 Å². The fourth-order valence-electron chi connectivity index (χ4n) is 2.21. The van der Waals surface area contributed by atoms with Crippen LogP contribution in [0.3, 0.4) is 0 Å². The first-order valence-electron chi connectivity index (χ1n) is 7.32. The first kappa shape index (κ1) is 15.7. The van der Waals surface area contributed by atoms with Crippen molar-refractivity contribution in [3.05, 3.63) is 48.0 Å². The van der Waals surface area contributed by atoms with Gasteiger partial charge in [0, 0.05) is 25.2 Å². The molecule has 7 heteroatoms. The molecule has 1 aliphatic rings. The molecule has 1 aliphatic heterocycles. The van der Waals surface area contributed by atoms with E-state index in [-0.39, 0.29) is 12.8 Å². The number of hydrogen-bond donors (Lipinski definition) is 2. The molecule has 0 spiro atoms. The Kier molecular flexibility index (Phi) is 4.51. The van der Waals surface area contributed by atoms with E-state index >= 15 is 0 Å². The molecule has 0 bridgehead atoms. The lowest BCUT2D eigenvalue weighted by molar-refractivity contribution is -0.131. The molecule has 0 radical (unpaired) electrons. The number of rotatable bonds is 4. The van der Waals surface area contributed by atoms with Crippen LogP contribution in [0.2, 0.25) is 0 Å². The van der Waals surface area contributed by atoms with Gasteiger partial charge in [0.25, 0.3) is 0 Å². The number of fused-ring (bicyclic) bond motifs is 1. The second kappa shape index (κ2) is 6.91. The number of amides is 2. The fraction of sp³-hybridized carbons (Fsp3) is 0.176. The van der Waals surface area contributed by atoms with Gasteiger partial charge in [-0.2, -0.15) is 0 Å². The molecule has 0 unspecified atom stereocenters. The van der Waals surface area contributed by atoms with Crippen LogP contribution in [0.1, 0.15) is 12.5 Å². The highest BCUT2D eigenvalue weighted by molar-refractivity contribution is 5.89. The SMILES string of the molecule is CC(=O)Oc1cccc(NC(=O)NCc2ccc3c(c2)OCO3)c1. The first-order valence-corrected chi connectivity index (χ1v) is 7.32. The number of anilines is 1. The third-order valence-electron chi connectivity index (χ3n) is 3.24. The second-order valence-electron chi connectivity index (χ2n) is 5.12. The van der Waals surface area contributed by atoms with Crippen molar-refractivity contribution < 1.29 is 23.8 Å². The molecule has 2 amide bonds. The summed E-state index contributed by atoms with van der Waals surface area (Å²) < 4.78 is 15.5. The molecule has 0 atom stereocenters. The summed E-state index contributed by atoms with van der Waals surface area (Å²) in [6.45, 7) is 1.87. The van der Waals surface area contributed by atoms with Gasteiger partial charge < -0.3 is 24.8 Å². The molecule has 2 aromatic rings. The molecule has 1 heterocycles. The van der Waals surface area contributed by atoms with Crippen molar-refractivity contribution in [1.82, 2.24) is 5.32 Å². The van der Waals surface area contributed by atoms with Crippen molar-refractivity contribution in [3.8, 4) is 17.2 Å². The smallest absolute Gasteiger partial charge is 0.319 e. The van der Waals surface area contributed by atoms with Crippen molar-refractivity contribution in [2.24, 2.45) is 0 Å². The van der Waals surface area contributed by atoms with E-state index < -0.39 is 5.97 Å². The standard InChI is InChI=1S/C17H16N2O5/c1-11(20)24-14-4-2-3-13(8-14)19-17(21)18-9-12-5-6-15-16(7-12)23-10-22-15/h2-8H,9-10H2,1H3,(H2,18,19,21). The second-order valence-corrected chi connectivity index (χ2v) is 5.12. The predicted octanol–water partition coefficient (Wildman–Crippen LogP) is 2.66. The maximum atomic E-state index is 12.0. The van der Waals surface area contributed by atoms with E-state index in [1.54, 1.807) is 30.3 Å². The van der Waals surface area contributed by atoms with Gasteiger partial charge in [0.2, 0.25) is 6.79 Å². The monoisotopic (exact) mass is 328 g/mol. The van der Waals surface area contributed by atoms with E-state index in [0.717, 1.165) is 5.56 Å². The first-order chi connectivity index (χ1) is 11.6. The normalized spacial score (nSPS) is 11.7. The van der Waals surface area contributed by atoms with Gasteiger partial charge in [-0.15, -0.1) is 0 Å². The maximum Gasteiger partial charge on any atom is 0.319 e. The van der Waals surface area contributed by atoms with Crippen molar-refractivity contribution in [2.45, 2.75) is 13.5 Å². The third-order valence-corrected chi connectivity index (χ3v) is 3.24. The van der Waals surface area contributed by atoms with E-state index in [2.05, 4.69) is 10.6 Å². The Morgan fingerprint density at radius 2 is 1.96 bits per heavy atom. The number of carbonyl (C=O) groups excluding carboxylic acids is 2. The van der Waals surface area contributed by atoms with Crippen LogP contribution in [-0.4, -0.2) is 18.8 Å². The number of nitrogens with one attached hydrogen (secondary N) is 2. The Morgan fingerprint density at radius 3 is 2.79 bits per heavy atom. The lowest BCUT2D eigenvalue weighted by atomic mass is 10.2. The molecule has 7 nitrogen and oxygen atoms in total. The van der Waals surface area contributed by atoms with Crippen LogP contribution >= 0.6 is 0 Å². The molecular weight excluding hydrogens is 312 g/mol. The summed E-state index contributed by atoms with van der Waals surface area (Å²) in [5.74, 6) is 1.32. The molecular formula is C17H16N2O5. The van der Waals surface area contributed by atoms with Crippen LogP contribution in [0.25, 0.3) is 0 Å². The molecule has 0 aromatic heterocycles. The van der Waals surface area contributed by atoms with Gasteiger partial charge in [-0.25, -0.2) is 4.79 Å². The van der Waals surface area contributed by atoms with Crippen LogP contribution in [0.15, 0.2) is 42.5 Å². The average molecular weight is 328 g/mol. The number of hydrogen-bond acceptors (Lipinski definition) is 5. The van der Waals surface area contributed by atoms with Crippen molar-refractivity contribution >= 4 is 17.7 Å². The van der Waals surface area contributed by atoms with Crippen LogP contribution in [0.4, 0.5) is 10.5 Å². The predicted molar refractivity (Wildman–Crippen MR) is 86.2 cm³/mol. The number of benzene rings is 2. The fourth-order valence-corrected chi connectivity index (χ4v) is 2.21. The van der Waals surface area contributed by atoms with Crippen LogP contribution in [0.5, 0.6) is 17.2 Å². The molecule has 3 rings (SSSR count). The average Bonchev–Trinajstić information content (AvgIpc) is 3.00. The maximum absolute atomic E-state index is 12.0. The largest absolute Gasteiger partial charge is 0.454 e. The van der Waals surface area contributed by atoms with E-state index in [4.69, 9.17) is 14.2 Å². The summed E-state index contributed by atoms with van der Waals surface area (Å²) in [5, 5.41) is 5.43. The molecule has 0 saturated heterocycles. The highest BCUT2D eigenvalue weighted by Gasteiger charge is 2.13. The van der Waals surface area contributed by atoms with E-state index in [1.807, 2.05) is 12.1 Å². The summed E-state index contributed by atoms with van der Waals surface area (Å²) in [6.07, 6.45) is 0. The minimum atomic E-state index is -0.417. The highest BCUT2D eigenvalue weighted by atomic mass is 16.7. The number of carbonyl (C=O) groups is 2. The Morgan fingerprint density at radius 1 is 1.12 bits per heavy atom. The summed E-state index contributed by atoms with van der Waals surface area (Å²) in [6, 6.07) is 11.7. The van der Waals surface area contributed by atoms with Crippen molar-refractivity contribution in [2.75, 3.05) is 12.1 Å². The molecule has 24 heavy (non-hydrogen) atoms. The zero-order valence-electron chi connectivity index (χ0n) is 13.0. The zero-order chi connectivity index (χ0) is 16.9. The Bertz CT molecular complexity index is 775.